The molecule has 0 fully saturated rings. The molecule has 31 heavy (non-hydrogen) atoms. The van der Waals surface area contributed by atoms with E-state index in [1.54, 1.807) is 16.8 Å². The molecule has 0 saturated carbocycles. The zero-order valence-electron chi connectivity index (χ0n) is 17.8. The Balaban J connectivity index is 1.68. The Morgan fingerprint density at radius 3 is 2.81 bits per heavy atom. The molecule has 0 spiro atoms. The molecule has 0 bridgehead atoms. The second-order valence-corrected chi connectivity index (χ2v) is 7.38. The van der Waals surface area contributed by atoms with Gasteiger partial charge in [-0.3, -0.25) is 4.79 Å². The Bertz CT molecular complexity index is 1170. The number of aromatic nitrogens is 2. The van der Waals surface area contributed by atoms with Gasteiger partial charge in [0.25, 0.3) is 5.56 Å². The summed E-state index contributed by atoms with van der Waals surface area (Å²) in [7, 11) is 1.49. The summed E-state index contributed by atoms with van der Waals surface area (Å²) in [6.45, 7) is 4.37. The highest BCUT2D eigenvalue weighted by atomic mass is 16.6. The Hall–Kier alpha value is -3.55. The van der Waals surface area contributed by atoms with Crippen molar-refractivity contribution in [1.82, 2.24) is 14.9 Å². The van der Waals surface area contributed by atoms with Gasteiger partial charge in [-0.1, -0.05) is 32.0 Å². The minimum Gasteiger partial charge on any atom is -0.491 e. The summed E-state index contributed by atoms with van der Waals surface area (Å²) in [4.78, 5) is 30.0. The molecule has 3 heterocycles. The van der Waals surface area contributed by atoms with E-state index in [4.69, 9.17) is 14.2 Å². The normalized spacial score (nSPS) is 14.9. The van der Waals surface area contributed by atoms with Crippen molar-refractivity contribution in [2.75, 3.05) is 13.7 Å². The van der Waals surface area contributed by atoms with Crippen molar-refractivity contribution in [1.29, 1.82) is 0 Å². The van der Waals surface area contributed by atoms with Crippen LogP contribution in [-0.2, 0) is 0 Å². The average Bonchev–Trinajstić information content (AvgIpc) is 3.19. The number of para-hydroxylation sites is 1. The fourth-order valence-corrected chi connectivity index (χ4v) is 3.90. The lowest BCUT2D eigenvalue weighted by Crippen LogP contribution is -2.32. The van der Waals surface area contributed by atoms with E-state index in [-0.39, 0.29) is 23.4 Å². The number of fused-ring (bicyclic) bond motifs is 2. The van der Waals surface area contributed by atoms with Gasteiger partial charge < -0.3 is 24.1 Å². The maximum Gasteiger partial charge on any atom is 0.413 e. The summed E-state index contributed by atoms with van der Waals surface area (Å²) >= 11 is 0. The molecule has 8 nitrogen and oxygen atoms in total. The molecule has 1 aliphatic rings. The van der Waals surface area contributed by atoms with Gasteiger partial charge in [0.15, 0.2) is 5.75 Å². The lowest BCUT2D eigenvalue weighted by Gasteiger charge is -2.19. The Labute approximate surface area is 179 Å². The molecule has 1 amide bonds. The van der Waals surface area contributed by atoms with Crippen molar-refractivity contribution in [3.63, 3.8) is 0 Å². The lowest BCUT2D eigenvalue weighted by molar-refractivity contribution is 0.192. The lowest BCUT2D eigenvalue weighted by atomic mass is 10.1. The number of carbonyl (C=O) groups excluding carboxylic acids is 1. The highest BCUT2D eigenvalue weighted by Gasteiger charge is 2.26. The molecule has 4 rings (SSSR count). The predicted octanol–water partition coefficient (Wildman–Crippen LogP) is 3.99. The molecular formula is C23H25N3O5. The van der Waals surface area contributed by atoms with Gasteiger partial charge in [-0.25, -0.2) is 9.78 Å². The first-order valence-electron chi connectivity index (χ1n) is 10.3. The van der Waals surface area contributed by atoms with Gasteiger partial charge in [0, 0.05) is 23.9 Å². The van der Waals surface area contributed by atoms with Crippen LogP contribution in [0.4, 0.5) is 4.79 Å². The molecule has 162 valence electrons. The SMILES string of the molecule is CCC(CC)n1cc(OC(=O)NC2COc3ccccc32)c2cnc(OC)cc2c1=O. The van der Waals surface area contributed by atoms with Crippen molar-refractivity contribution in [2.24, 2.45) is 0 Å². The number of pyridine rings is 2. The van der Waals surface area contributed by atoms with E-state index in [1.165, 1.54) is 13.3 Å². The van der Waals surface area contributed by atoms with Crippen LogP contribution in [0.15, 0.2) is 47.5 Å². The van der Waals surface area contributed by atoms with Crippen LogP contribution in [0.3, 0.4) is 0 Å². The smallest absolute Gasteiger partial charge is 0.413 e. The van der Waals surface area contributed by atoms with E-state index in [9.17, 15) is 9.59 Å². The summed E-state index contributed by atoms with van der Waals surface area (Å²) in [6, 6.07) is 8.80. The average molecular weight is 423 g/mol. The largest absolute Gasteiger partial charge is 0.491 e. The van der Waals surface area contributed by atoms with E-state index in [0.29, 0.717) is 23.3 Å². The maximum atomic E-state index is 13.1. The quantitative estimate of drug-likeness (QED) is 0.645. The first-order chi connectivity index (χ1) is 15.0. The van der Waals surface area contributed by atoms with Gasteiger partial charge >= 0.3 is 6.09 Å². The van der Waals surface area contributed by atoms with Gasteiger partial charge in [-0.05, 0) is 18.9 Å². The van der Waals surface area contributed by atoms with Gasteiger partial charge in [0.1, 0.15) is 12.4 Å². The topological polar surface area (TPSA) is 91.7 Å². The third-order valence-electron chi connectivity index (χ3n) is 5.61. The van der Waals surface area contributed by atoms with E-state index >= 15 is 0 Å². The van der Waals surface area contributed by atoms with Crippen molar-refractivity contribution in [2.45, 2.75) is 38.8 Å². The number of ether oxygens (including phenoxy) is 3. The zero-order valence-corrected chi connectivity index (χ0v) is 17.8. The molecule has 1 atom stereocenters. The number of amides is 1. The summed E-state index contributed by atoms with van der Waals surface area (Å²) in [5.74, 6) is 1.33. The molecule has 1 unspecified atom stereocenters. The molecule has 0 saturated heterocycles. The Morgan fingerprint density at radius 1 is 1.29 bits per heavy atom. The van der Waals surface area contributed by atoms with Gasteiger partial charge in [0.2, 0.25) is 5.88 Å². The Kier molecular flexibility index (Phi) is 5.79. The summed E-state index contributed by atoms with van der Waals surface area (Å²) in [5, 5.41) is 3.68. The first kappa shape index (κ1) is 20.7. The number of rotatable bonds is 6. The van der Waals surface area contributed by atoms with Crippen LogP contribution in [0.1, 0.15) is 44.3 Å². The van der Waals surface area contributed by atoms with E-state index in [2.05, 4.69) is 10.3 Å². The van der Waals surface area contributed by atoms with Crippen LogP contribution in [-0.4, -0.2) is 29.4 Å². The van der Waals surface area contributed by atoms with Crippen LogP contribution in [0.5, 0.6) is 17.4 Å². The first-order valence-corrected chi connectivity index (χ1v) is 10.3. The minimum absolute atomic E-state index is 0.0171. The van der Waals surface area contributed by atoms with Gasteiger partial charge in [0.05, 0.1) is 30.1 Å². The number of benzene rings is 1. The number of hydrogen-bond acceptors (Lipinski definition) is 6. The molecule has 1 aromatic carbocycles. The molecule has 1 aliphatic heterocycles. The highest BCUT2D eigenvalue weighted by Crippen LogP contribution is 2.32. The van der Waals surface area contributed by atoms with E-state index in [0.717, 1.165) is 24.2 Å². The van der Waals surface area contributed by atoms with Crippen molar-refractivity contribution in [3.05, 3.63) is 58.6 Å². The number of nitrogens with zero attached hydrogens (tertiary/aromatic N) is 2. The molecule has 8 heteroatoms. The second-order valence-electron chi connectivity index (χ2n) is 7.38. The van der Waals surface area contributed by atoms with Gasteiger partial charge in [-0.2, -0.15) is 0 Å². The third-order valence-corrected chi connectivity index (χ3v) is 5.61. The molecule has 3 aromatic rings. The van der Waals surface area contributed by atoms with E-state index in [1.807, 2.05) is 38.1 Å². The number of hydrogen-bond donors (Lipinski definition) is 1. The summed E-state index contributed by atoms with van der Waals surface area (Å²) < 4.78 is 18.1. The molecule has 2 aromatic heterocycles. The molecule has 0 aliphatic carbocycles. The fourth-order valence-electron chi connectivity index (χ4n) is 3.90. The van der Waals surface area contributed by atoms with Crippen LogP contribution in [0.2, 0.25) is 0 Å². The molecule has 0 radical (unpaired) electrons. The predicted molar refractivity (Wildman–Crippen MR) is 116 cm³/mol. The van der Waals surface area contributed by atoms with Crippen molar-refractivity contribution >= 4 is 16.9 Å². The second kappa shape index (κ2) is 8.67. The number of carbonyl (C=O) groups is 1. The maximum absolute atomic E-state index is 13.1. The van der Waals surface area contributed by atoms with Crippen LogP contribution in [0.25, 0.3) is 10.8 Å². The van der Waals surface area contributed by atoms with Crippen molar-refractivity contribution < 1.29 is 19.0 Å². The molecular weight excluding hydrogens is 398 g/mol. The van der Waals surface area contributed by atoms with Crippen LogP contribution >= 0.6 is 0 Å². The number of nitrogens with one attached hydrogen (secondary N) is 1. The summed E-state index contributed by atoms with van der Waals surface area (Å²) in [5.41, 5.74) is 0.730. The number of methoxy groups -OCH3 is 1. The van der Waals surface area contributed by atoms with Crippen molar-refractivity contribution in [3.8, 4) is 17.4 Å². The fraction of sp³-hybridized carbons (Fsp3) is 0.348. The standard InChI is InChI=1S/C23H25N3O5/c1-4-14(5-2)26-12-20(17-11-24-21(29-3)10-16(17)22(26)27)31-23(28)25-18-13-30-19-9-7-6-8-15(18)19/h6-12,14,18H,4-5,13H2,1-3H3,(H,25,28). The van der Waals surface area contributed by atoms with Crippen LogP contribution in [0, 0.1) is 0 Å². The highest BCUT2D eigenvalue weighted by molar-refractivity contribution is 5.89. The Morgan fingerprint density at radius 2 is 2.06 bits per heavy atom. The van der Waals surface area contributed by atoms with Gasteiger partial charge in [-0.15, -0.1) is 0 Å². The summed E-state index contributed by atoms with van der Waals surface area (Å²) in [6.07, 6.45) is 3.99. The zero-order chi connectivity index (χ0) is 22.0. The van der Waals surface area contributed by atoms with Crippen LogP contribution < -0.4 is 25.1 Å². The third kappa shape index (κ3) is 3.93. The minimum atomic E-state index is -0.628. The monoisotopic (exact) mass is 423 g/mol. The van der Waals surface area contributed by atoms with E-state index < -0.39 is 6.09 Å². The molecule has 1 N–H and O–H groups in total.